The second-order valence-electron chi connectivity index (χ2n) is 4.49. The zero-order chi connectivity index (χ0) is 12.5. The lowest BCUT2D eigenvalue weighted by Gasteiger charge is -2.12. The average molecular weight is 258 g/mol. The van der Waals surface area contributed by atoms with Crippen molar-refractivity contribution in [3.63, 3.8) is 0 Å². The SMILES string of the molecule is CC(=O)OC1CCc2c(-c3cccs3)cccc21. The van der Waals surface area contributed by atoms with Crippen molar-refractivity contribution < 1.29 is 9.53 Å². The van der Waals surface area contributed by atoms with E-state index in [1.165, 1.54) is 28.5 Å². The Balaban J connectivity index is 2.02. The molecule has 1 aliphatic rings. The number of esters is 1. The van der Waals surface area contributed by atoms with E-state index in [2.05, 4.69) is 35.7 Å². The minimum Gasteiger partial charge on any atom is -0.458 e. The fourth-order valence-electron chi connectivity index (χ4n) is 2.60. The Hall–Kier alpha value is -1.61. The van der Waals surface area contributed by atoms with Crippen molar-refractivity contribution in [3.05, 3.63) is 46.8 Å². The van der Waals surface area contributed by atoms with Gasteiger partial charge in [0.1, 0.15) is 6.10 Å². The van der Waals surface area contributed by atoms with E-state index in [1.54, 1.807) is 11.3 Å². The van der Waals surface area contributed by atoms with Crippen LogP contribution < -0.4 is 0 Å². The molecule has 0 saturated carbocycles. The summed E-state index contributed by atoms with van der Waals surface area (Å²) in [5.41, 5.74) is 3.81. The van der Waals surface area contributed by atoms with Crippen LogP contribution in [0, 0.1) is 0 Å². The van der Waals surface area contributed by atoms with Crippen molar-refractivity contribution in [2.24, 2.45) is 0 Å². The van der Waals surface area contributed by atoms with Gasteiger partial charge in [-0.2, -0.15) is 0 Å². The summed E-state index contributed by atoms with van der Waals surface area (Å²) < 4.78 is 5.37. The number of carbonyl (C=O) groups excluding carboxylic acids is 1. The van der Waals surface area contributed by atoms with Crippen LogP contribution in [0.2, 0.25) is 0 Å². The van der Waals surface area contributed by atoms with E-state index >= 15 is 0 Å². The van der Waals surface area contributed by atoms with E-state index < -0.39 is 0 Å². The third kappa shape index (κ3) is 1.95. The number of thiophene rings is 1. The molecule has 2 nitrogen and oxygen atoms in total. The summed E-state index contributed by atoms with van der Waals surface area (Å²) in [5, 5.41) is 2.09. The van der Waals surface area contributed by atoms with Crippen LogP contribution in [-0.4, -0.2) is 5.97 Å². The molecule has 0 saturated heterocycles. The van der Waals surface area contributed by atoms with E-state index in [1.807, 2.05) is 0 Å². The van der Waals surface area contributed by atoms with Crippen molar-refractivity contribution in [1.82, 2.24) is 0 Å². The number of benzene rings is 1. The number of hydrogen-bond donors (Lipinski definition) is 0. The van der Waals surface area contributed by atoms with Gasteiger partial charge in [-0.05, 0) is 41.0 Å². The van der Waals surface area contributed by atoms with E-state index in [4.69, 9.17) is 4.74 Å². The Morgan fingerprint density at radius 3 is 2.94 bits per heavy atom. The molecule has 2 aromatic rings. The second kappa shape index (κ2) is 4.58. The lowest BCUT2D eigenvalue weighted by molar-refractivity contribution is -0.146. The zero-order valence-corrected chi connectivity index (χ0v) is 11.0. The molecule has 18 heavy (non-hydrogen) atoms. The standard InChI is InChI=1S/C15H14O2S/c1-10(16)17-14-8-7-11-12(14)4-2-5-13(11)15-6-3-9-18-15/h2-6,9,14H,7-8H2,1H3. The van der Waals surface area contributed by atoms with Crippen molar-refractivity contribution in [2.45, 2.75) is 25.9 Å². The summed E-state index contributed by atoms with van der Waals surface area (Å²) in [6.45, 7) is 1.47. The summed E-state index contributed by atoms with van der Waals surface area (Å²) in [5.74, 6) is -0.200. The summed E-state index contributed by atoms with van der Waals surface area (Å²) >= 11 is 1.75. The summed E-state index contributed by atoms with van der Waals surface area (Å²) in [7, 11) is 0. The fourth-order valence-corrected chi connectivity index (χ4v) is 3.38. The van der Waals surface area contributed by atoms with Gasteiger partial charge in [-0.1, -0.05) is 24.3 Å². The van der Waals surface area contributed by atoms with E-state index in [-0.39, 0.29) is 12.1 Å². The molecule has 92 valence electrons. The van der Waals surface area contributed by atoms with Gasteiger partial charge in [-0.3, -0.25) is 4.79 Å². The Morgan fingerprint density at radius 2 is 2.22 bits per heavy atom. The number of fused-ring (bicyclic) bond motifs is 1. The molecule has 3 heteroatoms. The number of rotatable bonds is 2. The van der Waals surface area contributed by atoms with Gasteiger partial charge in [-0.25, -0.2) is 0 Å². The first-order chi connectivity index (χ1) is 8.75. The van der Waals surface area contributed by atoms with Crippen molar-refractivity contribution in [1.29, 1.82) is 0 Å². The Labute approximate surface area is 110 Å². The monoisotopic (exact) mass is 258 g/mol. The van der Waals surface area contributed by atoms with Crippen LogP contribution >= 0.6 is 11.3 Å². The van der Waals surface area contributed by atoms with Crippen molar-refractivity contribution >= 4 is 17.3 Å². The molecular weight excluding hydrogens is 244 g/mol. The van der Waals surface area contributed by atoms with Crippen LogP contribution in [0.5, 0.6) is 0 Å². The topological polar surface area (TPSA) is 26.3 Å². The van der Waals surface area contributed by atoms with Crippen LogP contribution in [0.15, 0.2) is 35.7 Å². The normalized spacial score (nSPS) is 17.5. The van der Waals surface area contributed by atoms with Crippen LogP contribution in [0.4, 0.5) is 0 Å². The smallest absolute Gasteiger partial charge is 0.303 e. The zero-order valence-electron chi connectivity index (χ0n) is 10.2. The Bertz CT molecular complexity index is 572. The predicted molar refractivity (Wildman–Crippen MR) is 72.6 cm³/mol. The van der Waals surface area contributed by atoms with Crippen LogP contribution in [0.1, 0.15) is 30.6 Å². The van der Waals surface area contributed by atoms with Gasteiger partial charge in [0.2, 0.25) is 0 Å². The first-order valence-corrected chi connectivity index (χ1v) is 6.96. The van der Waals surface area contributed by atoms with Gasteiger partial charge in [0.05, 0.1) is 0 Å². The average Bonchev–Trinajstić information content (AvgIpc) is 2.98. The predicted octanol–water partition coefficient (Wildman–Crippen LogP) is 3.97. The van der Waals surface area contributed by atoms with Crippen LogP contribution in [0.25, 0.3) is 10.4 Å². The van der Waals surface area contributed by atoms with Gasteiger partial charge in [0, 0.05) is 11.8 Å². The van der Waals surface area contributed by atoms with Crippen LogP contribution in [-0.2, 0) is 16.0 Å². The molecule has 1 aromatic heterocycles. The molecule has 0 bridgehead atoms. The molecule has 0 radical (unpaired) electrons. The third-order valence-corrected chi connectivity index (χ3v) is 4.21. The Kier molecular flexibility index (Phi) is 2.92. The molecule has 1 atom stereocenters. The van der Waals surface area contributed by atoms with E-state index in [9.17, 15) is 4.79 Å². The van der Waals surface area contributed by atoms with E-state index in [0.29, 0.717) is 0 Å². The molecule has 0 aliphatic heterocycles. The molecule has 1 aromatic carbocycles. The highest BCUT2D eigenvalue weighted by molar-refractivity contribution is 7.13. The highest BCUT2D eigenvalue weighted by atomic mass is 32.1. The highest BCUT2D eigenvalue weighted by Gasteiger charge is 2.27. The highest BCUT2D eigenvalue weighted by Crippen LogP contribution is 2.40. The summed E-state index contributed by atoms with van der Waals surface area (Å²) in [6.07, 6.45) is 1.83. The van der Waals surface area contributed by atoms with Gasteiger partial charge in [-0.15, -0.1) is 11.3 Å². The van der Waals surface area contributed by atoms with Gasteiger partial charge in [0.15, 0.2) is 0 Å². The quantitative estimate of drug-likeness (QED) is 0.762. The largest absolute Gasteiger partial charge is 0.458 e. The lowest BCUT2D eigenvalue weighted by Crippen LogP contribution is -2.04. The second-order valence-corrected chi connectivity index (χ2v) is 5.44. The number of hydrogen-bond acceptors (Lipinski definition) is 3. The fraction of sp³-hybridized carbons (Fsp3) is 0.267. The van der Waals surface area contributed by atoms with Crippen LogP contribution in [0.3, 0.4) is 0 Å². The van der Waals surface area contributed by atoms with Gasteiger partial charge in [0.25, 0.3) is 0 Å². The molecular formula is C15H14O2S. The molecule has 0 N–H and O–H groups in total. The molecule has 0 amide bonds. The van der Waals surface area contributed by atoms with E-state index in [0.717, 1.165) is 12.8 Å². The molecule has 0 fully saturated rings. The molecule has 1 unspecified atom stereocenters. The summed E-state index contributed by atoms with van der Waals surface area (Å²) in [6, 6.07) is 10.5. The minimum absolute atomic E-state index is 0.0580. The molecule has 1 heterocycles. The Morgan fingerprint density at radius 1 is 1.33 bits per heavy atom. The maximum atomic E-state index is 11.1. The first kappa shape index (κ1) is 11.5. The van der Waals surface area contributed by atoms with Crippen molar-refractivity contribution in [3.8, 4) is 10.4 Å². The van der Waals surface area contributed by atoms with Crippen molar-refractivity contribution in [2.75, 3.05) is 0 Å². The molecule has 0 spiro atoms. The lowest BCUT2D eigenvalue weighted by atomic mass is 10.0. The number of carbonyl (C=O) groups is 1. The van der Waals surface area contributed by atoms with Gasteiger partial charge >= 0.3 is 5.97 Å². The molecule has 1 aliphatic carbocycles. The number of ether oxygens (including phenoxy) is 1. The van der Waals surface area contributed by atoms with Gasteiger partial charge < -0.3 is 4.74 Å². The minimum atomic E-state index is -0.200. The molecule has 3 rings (SSSR count). The third-order valence-electron chi connectivity index (χ3n) is 3.31. The maximum Gasteiger partial charge on any atom is 0.303 e. The first-order valence-electron chi connectivity index (χ1n) is 6.08. The maximum absolute atomic E-state index is 11.1. The summed E-state index contributed by atoms with van der Waals surface area (Å²) in [4.78, 5) is 12.4.